The lowest BCUT2D eigenvalue weighted by atomic mass is 10.1. The summed E-state index contributed by atoms with van der Waals surface area (Å²) in [6.45, 7) is 6.23. The second-order valence-corrected chi connectivity index (χ2v) is 5.81. The van der Waals surface area contributed by atoms with Crippen LogP contribution >= 0.6 is 0 Å². The summed E-state index contributed by atoms with van der Waals surface area (Å²) in [5.74, 6) is 0.335. The molecule has 0 aliphatic rings. The number of hydrogen-bond donors (Lipinski definition) is 2. The number of aliphatic hydroxyl groups excluding tert-OH is 1. The van der Waals surface area contributed by atoms with Crippen LogP contribution < -0.4 is 10.1 Å². The molecule has 2 N–H and O–H groups in total. The van der Waals surface area contributed by atoms with E-state index in [4.69, 9.17) is 4.74 Å². The number of carbonyl (C=O) groups excluding carboxylic acids is 1. The highest BCUT2D eigenvalue weighted by Gasteiger charge is 2.17. The number of benzene rings is 2. The number of amides is 1. The molecular weight excluding hydrogens is 290 g/mol. The quantitative estimate of drug-likeness (QED) is 0.861. The van der Waals surface area contributed by atoms with E-state index in [9.17, 15) is 9.90 Å². The molecule has 0 radical (unpaired) electrons. The lowest BCUT2D eigenvalue weighted by Gasteiger charge is -2.16. The summed E-state index contributed by atoms with van der Waals surface area (Å²) < 4.78 is 5.79. The molecule has 0 aromatic heterocycles. The molecule has 2 rings (SSSR count). The molecule has 122 valence electrons. The summed E-state index contributed by atoms with van der Waals surface area (Å²) in [6.07, 6.45) is -1.11. The van der Waals surface area contributed by atoms with E-state index >= 15 is 0 Å². The highest BCUT2D eigenvalue weighted by atomic mass is 16.5. The Morgan fingerprint density at radius 3 is 2.52 bits per heavy atom. The fourth-order valence-corrected chi connectivity index (χ4v) is 2.24. The van der Waals surface area contributed by atoms with Gasteiger partial charge in [0.05, 0.1) is 6.10 Å². The Bertz CT molecular complexity index is 653. The molecule has 1 unspecified atom stereocenters. The van der Waals surface area contributed by atoms with Gasteiger partial charge in [0.15, 0.2) is 6.10 Å². The zero-order valence-electron chi connectivity index (χ0n) is 13.7. The van der Waals surface area contributed by atoms with Crippen LogP contribution in [0.15, 0.2) is 48.5 Å². The lowest BCUT2D eigenvalue weighted by molar-refractivity contribution is -0.129. The van der Waals surface area contributed by atoms with Crippen LogP contribution in [0.25, 0.3) is 0 Å². The molecule has 4 heteroatoms. The van der Waals surface area contributed by atoms with E-state index in [1.165, 1.54) is 0 Å². The van der Waals surface area contributed by atoms with Crippen LogP contribution in [0.3, 0.4) is 0 Å². The Morgan fingerprint density at radius 1 is 1.17 bits per heavy atom. The number of aryl methyl sites for hydroxylation is 1. The Morgan fingerprint density at radius 2 is 1.87 bits per heavy atom. The summed E-state index contributed by atoms with van der Waals surface area (Å²) in [5, 5.41) is 12.8. The zero-order valence-corrected chi connectivity index (χ0v) is 13.7. The molecule has 0 aliphatic heterocycles. The molecule has 2 aromatic rings. The normalized spacial score (nSPS) is 12.0. The Labute approximate surface area is 137 Å². The molecule has 0 saturated heterocycles. The summed E-state index contributed by atoms with van der Waals surface area (Å²) >= 11 is 0. The first-order chi connectivity index (χ1) is 11.0. The average molecular weight is 313 g/mol. The van der Waals surface area contributed by atoms with E-state index in [1.54, 1.807) is 24.3 Å². The summed E-state index contributed by atoms with van der Waals surface area (Å²) in [4.78, 5) is 12.1. The lowest BCUT2D eigenvalue weighted by Crippen LogP contribution is -2.29. The van der Waals surface area contributed by atoms with Gasteiger partial charge in [0.2, 0.25) is 0 Å². The molecule has 2 aromatic carbocycles. The largest absolute Gasteiger partial charge is 0.491 e. The molecule has 23 heavy (non-hydrogen) atoms. The van der Waals surface area contributed by atoms with Gasteiger partial charge in [-0.15, -0.1) is 0 Å². The third kappa shape index (κ3) is 4.83. The van der Waals surface area contributed by atoms with Gasteiger partial charge in [0.1, 0.15) is 5.75 Å². The average Bonchev–Trinajstić information content (AvgIpc) is 2.53. The highest BCUT2D eigenvalue weighted by molar-refractivity contribution is 5.81. The van der Waals surface area contributed by atoms with Gasteiger partial charge >= 0.3 is 0 Å². The van der Waals surface area contributed by atoms with Crippen LogP contribution in [0, 0.1) is 6.92 Å². The molecule has 0 saturated carbocycles. The molecule has 4 nitrogen and oxygen atoms in total. The minimum Gasteiger partial charge on any atom is -0.491 e. The predicted molar refractivity (Wildman–Crippen MR) is 90.2 cm³/mol. The number of nitrogens with one attached hydrogen (secondary N) is 1. The first-order valence-electron chi connectivity index (χ1n) is 7.74. The highest BCUT2D eigenvalue weighted by Crippen LogP contribution is 2.22. The van der Waals surface area contributed by atoms with Crippen molar-refractivity contribution in [3.63, 3.8) is 0 Å². The molecule has 0 heterocycles. The second-order valence-electron chi connectivity index (χ2n) is 5.81. The molecule has 0 bridgehead atoms. The van der Waals surface area contributed by atoms with Crippen molar-refractivity contribution in [1.82, 2.24) is 5.32 Å². The number of carbonyl (C=O) groups is 1. The van der Waals surface area contributed by atoms with E-state index in [1.807, 2.05) is 45.0 Å². The van der Waals surface area contributed by atoms with Crippen LogP contribution in [0.2, 0.25) is 0 Å². The number of rotatable bonds is 6. The molecule has 0 fully saturated rings. The van der Waals surface area contributed by atoms with Crippen molar-refractivity contribution in [3.05, 3.63) is 65.2 Å². The second kappa shape index (κ2) is 7.79. The van der Waals surface area contributed by atoms with Gasteiger partial charge in [0, 0.05) is 12.1 Å². The van der Waals surface area contributed by atoms with E-state index in [0.29, 0.717) is 12.1 Å². The van der Waals surface area contributed by atoms with Gasteiger partial charge in [-0.1, -0.05) is 42.5 Å². The van der Waals surface area contributed by atoms with Crippen molar-refractivity contribution in [2.45, 2.75) is 39.5 Å². The summed E-state index contributed by atoms with van der Waals surface area (Å²) in [6, 6.07) is 14.7. The maximum Gasteiger partial charge on any atom is 0.253 e. The van der Waals surface area contributed by atoms with E-state index in [0.717, 1.165) is 16.9 Å². The number of ether oxygens (including phenoxy) is 1. The predicted octanol–water partition coefficient (Wildman–Crippen LogP) is 3.13. The van der Waals surface area contributed by atoms with Crippen molar-refractivity contribution in [1.29, 1.82) is 0 Å². The first kappa shape index (κ1) is 17.0. The maximum absolute atomic E-state index is 12.1. The minimum absolute atomic E-state index is 0.0566. The van der Waals surface area contributed by atoms with Crippen LogP contribution in [0.4, 0.5) is 0 Å². The zero-order chi connectivity index (χ0) is 16.8. The number of aliphatic hydroxyl groups is 1. The van der Waals surface area contributed by atoms with E-state index < -0.39 is 12.0 Å². The minimum atomic E-state index is -1.17. The Kier molecular flexibility index (Phi) is 5.77. The van der Waals surface area contributed by atoms with Crippen LogP contribution in [0.1, 0.15) is 36.6 Å². The van der Waals surface area contributed by atoms with Crippen molar-refractivity contribution in [2.75, 3.05) is 0 Å². The van der Waals surface area contributed by atoms with Crippen molar-refractivity contribution < 1.29 is 14.6 Å². The monoisotopic (exact) mass is 313 g/mol. The smallest absolute Gasteiger partial charge is 0.253 e. The van der Waals surface area contributed by atoms with Crippen molar-refractivity contribution in [3.8, 4) is 5.75 Å². The van der Waals surface area contributed by atoms with Gasteiger partial charge in [-0.25, -0.2) is 0 Å². The Balaban J connectivity index is 2.04. The van der Waals surface area contributed by atoms with E-state index in [-0.39, 0.29) is 6.10 Å². The fourth-order valence-electron chi connectivity index (χ4n) is 2.24. The fraction of sp³-hybridized carbons (Fsp3) is 0.316. The number of hydrogen-bond acceptors (Lipinski definition) is 3. The van der Waals surface area contributed by atoms with Crippen LogP contribution in [0.5, 0.6) is 5.75 Å². The van der Waals surface area contributed by atoms with Crippen molar-refractivity contribution in [2.24, 2.45) is 0 Å². The van der Waals surface area contributed by atoms with Crippen LogP contribution in [-0.4, -0.2) is 17.1 Å². The van der Waals surface area contributed by atoms with Gasteiger partial charge in [0.25, 0.3) is 5.91 Å². The summed E-state index contributed by atoms with van der Waals surface area (Å²) in [5.41, 5.74) is 2.56. The third-order valence-electron chi connectivity index (χ3n) is 3.40. The van der Waals surface area contributed by atoms with E-state index in [2.05, 4.69) is 5.32 Å². The Hall–Kier alpha value is -2.33. The molecule has 1 amide bonds. The topological polar surface area (TPSA) is 58.6 Å². The molecular formula is C19H23NO3. The van der Waals surface area contributed by atoms with Gasteiger partial charge in [-0.3, -0.25) is 4.79 Å². The first-order valence-corrected chi connectivity index (χ1v) is 7.74. The van der Waals surface area contributed by atoms with Crippen molar-refractivity contribution >= 4 is 5.91 Å². The molecule has 0 spiro atoms. The standard InChI is InChI=1S/C19H23NO3/c1-13(2)23-17-11-14(3)9-10-16(17)12-20-19(22)18(21)15-7-5-4-6-8-15/h4-11,13,18,21H,12H2,1-3H3,(H,20,22). The SMILES string of the molecule is Cc1ccc(CNC(=O)C(O)c2ccccc2)c(OC(C)C)c1. The van der Waals surface area contributed by atoms with Gasteiger partial charge in [-0.2, -0.15) is 0 Å². The third-order valence-corrected chi connectivity index (χ3v) is 3.40. The van der Waals surface area contributed by atoms with Crippen LogP contribution in [-0.2, 0) is 11.3 Å². The van der Waals surface area contributed by atoms with Gasteiger partial charge < -0.3 is 15.2 Å². The molecule has 1 atom stereocenters. The maximum atomic E-state index is 12.1. The van der Waals surface area contributed by atoms with Gasteiger partial charge in [-0.05, 0) is 38.0 Å². The summed E-state index contributed by atoms with van der Waals surface area (Å²) in [7, 11) is 0. The molecule has 0 aliphatic carbocycles.